The fourth-order valence-corrected chi connectivity index (χ4v) is 2.29. The predicted octanol–water partition coefficient (Wildman–Crippen LogP) is 2.59. The van der Waals surface area contributed by atoms with E-state index in [4.69, 9.17) is 4.74 Å². The van der Waals surface area contributed by atoms with Crippen molar-refractivity contribution in [1.29, 1.82) is 0 Å². The molecule has 0 heterocycles. The van der Waals surface area contributed by atoms with Crippen LogP contribution in [0.3, 0.4) is 0 Å². The van der Waals surface area contributed by atoms with Gasteiger partial charge in [-0.3, -0.25) is 0 Å². The monoisotopic (exact) mass is 330 g/mol. The summed E-state index contributed by atoms with van der Waals surface area (Å²) in [5.74, 6) is 5.84. The summed E-state index contributed by atoms with van der Waals surface area (Å²) >= 11 is -1.22. The molecule has 5 nitrogen and oxygen atoms in total. The van der Waals surface area contributed by atoms with Crippen molar-refractivity contribution >= 4 is 17.5 Å². The molecular weight excluding hydrogens is 300 g/mol. The number of rotatable bonds is 5. The summed E-state index contributed by atoms with van der Waals surface area (Å²) in [6.07, 6.45) is -0.459. The van der Waals surface area contributed by atoms with Crippen LogP contribution in [0.2, 0.25) is 0 Å². The third-order valence-corrected chi connectivity index (χ3v) is 4.21. The fourth-order valence-electron chi connectivity index (χ4n) is 1.41. The molecule has 2 unspecified atom stereocenters. The van der Waals surface area contributed by atoms with E-state index in [9.17, 15) is 9.35 Å². The second-order valence-corrected chi connectivity index (χ2v) is 9.23. The van der Waals surface area contributed by atoms with Gasteiger partial charge in [-0.1, -0.05) is 12.8 Å². The molecule has 0 aliphatic carbocycles. The van der Waals surface area contributed by atoms with Gasteiger partial charge < -0.3 is 14.6 Å². The normalized spacial score (nSPS) is 16.0. The molecule has 3 atom stereocenters. The van der Waals surface area contributed by atoms with E-state index in [1.807, 2.05) is 48.5 Å². The lowest BCUT2D eigenvalue weighted by molar-refractivity contribution is 0.0519. The fraction of sp³-hybridized carbons (Fsp3) is 0.812. The van der Waals surface area contributed by atoms with Crippen LogP contribution in [0.15, 0.2) is 0 Å². The Bertz CT molecular complexity index is 416. The Morgan fingerprint density at radius 1 is 1.27 bits per heavy atom. The van der Waals surface area contributed by atoms with Gasteiger partial charge in [0.25, 0.3) is 0 Å². The van der Waals surface area contributed by atoms with Crippen LogP contribution in [-0.2, 0) is 16.1 Å². The zero-order chi connectivity index (χ0) is 17.6. The van der Waals surface area contributed by atoms with Crippen LogP contribution in [0.25, 0.3) is 0 Å². The lowest BCUT2D eigenvalue weighted by atomic mass is 10.0. The van der Waals surface area contributed by atoms with Gasteiger partial charge in [-0.15, -0.1) is 10.6 Å². The number of nitrogens with one attached hydrogen (secondary N) is 2. The lowest BCUT2D eigenvalue weighted by Gasteiger charge is -2.28. The molecule has 0 aromatic carbocycles. The largest absolute Gasteiger partial charge is 0.598 e. The Morgan fingerprint density at radius 3 is 2.23 bits per heavy atom. The number of ether oxygens (including phenoxy) is 1. The maximum atomic E-state index is 12.2. The Morgan fingerprint density at radius 2 is 1.82 bits per heavy atom. The van der Waals surface area contributed by atoms with Gasteiger partial charge in [-0.25, -0.2) is 4.79 Å². The van der Waals surface area contributed by atoms with Crippen LogP contribution in [0.5, 0.6) is 0 Å². The maximum Gasteiger partial charge on any atom is 0.407 e. The van der Waals surface area contributed by atoms with Crippen molar-refractivity contribution in [2.24, 2.45) is 5.92 Å². The van der Waals surface area contributed by atoms with Gasteiger partial charge in [0.05, 0.1) is 0 Å². The second kappa shape index (κ2) is 8.66. The standard InChI is InChI=1S/C16H30N2O3S/c1-9-10-13(18-22(20)16(6,7)8)12(2)11-17-14(19)21-15(3,4)5/h12-13,18H,11H2,1-8H3,(H,17,19)/t12-,13?,22?/m1/s1. The van der Waals surface area contributed by atoms with Gasteiger partial charge in [0.1, 0.15) is 16.4 Å². The zero-order valence-corrected chi connectivity index (χ0v) is 15.8. The molecular formula is C16H30N2O3S. The molecule has 0 radical (unpaired) electrons. The van der Waals surface area contributed by atoms with Gasteiger partial charge in [-0.2, -0.15) is 0 Å². The number of alkyl carbamates (subject to hydrolysis) is 1. The van der Waals surface area contributed by atoms with Crippen molar-refractivity contribution in [3.63, 3.8) is 0 Å². The average Bonchev–Trinajstić information content (AvgIpc) is 2.32. The third-order valence-electron chi connectivity index (χ3n) is 2.63. The van der Waals surface area contributed by atoms with Crippen molar-refractivity contribution in [3.05, 3.63) is 0 Å². The first-order valence-electron chi connectivity index (χ1n) is 7.44. The van der Waals surface area contributed by atoms with E-state index in [0.717, 1.165) is 0 Å². The molecule has 0 saturated heterocycles. The summed E-state index contributed by atoms with van der Waals surface area (Å²) in [6, 6.07) is -0.264. The van der Waals surface area contributed by atoms with Crippen LogP contribution < -0.4 is 10.0 Å². The molecule has 0 aliphatic heterocycles. The first-order valence-corrected chi connectivity index (χ1v) is 8.59. The summed E-state index contributed by atoms with van der Waals surface area (Å²) in [5.41, 5.74) is -0.526. The molecule has 1 amide bonds. The van der Waals surface area contributed by atoms with Crippen molar-refractivity contribution in [2.45, 2.75) is 71.8 Å². The number of carbonyl (C=O) groups excluding carboxylic acids is 1. The molecule has 0 aliphatic rings. The molecule has 128 valence electrons. The topological polar surface area (TPSA) is 73.4 Å². The molecule has 0 spiro atoms. The highest BCUT2D eigenvalue weighted by atomic mass is 32.2. The summed E-state index contributed by atoms with van der Waals surface area (Å²) in [4.78, 5) is 11.7. The number of hydrogen-bond donors (Lipinski definition) is 2. The molecule has 0 aromatic heterocycles. The summed E-state index contributed by atoms with van der Waals surface area (Å²) < 4.78 is 20.1. The van der Waals surface area contributed by atoms with Crippen molar-refractivity contribution in [1.82, 2.24) is 10.0 Å². The van der Waals surface area contributed by atoms with E-state index in [0.29, 0.717) is 6.54 Å². The first kappa shape index (κ1) is 21.1. The highest BCUT2D eigenvalue weighted by Gasteiger charge is 2.31. The van der Waals surface area contributed by atoms with Gasteiger partial charge >= 0.3 is 6.09 Å². The minimum atomic E-state index is -1.22. The van der Waals surface area contributed by atoms with E-state index >= 15 is 0 Å². The van der Waals surface area contributed by atoms with Crippen molar-refractivity contribution in [2.75, 3.05) is 6.54 Å². The molecule has 0 rings (SSSR count). The lowest BCUT2D eigenvalue weighted by Crippen LogP contribution is -2.48. The minimum Gasteiger partial charge on any atom is -0.598 e. The smallest absolute Gasteiger partial charge is 0.407 e. The quantitative estimate of drug-likeness (QED) is 0.600. The molecule has 22 heavy (non-hydrogen) atoms. The third kappa shape index (κ3) is 9.19. The highest BCUT2D eigenvalue weighted by Crippen LogP contribution is 2.15. The number of amides is 1. The van der Waals surface area contributed by atoms with E-state index in [1.165, 1.54) is 0 Å². The molecule has 0 saturated carbocycles. The summed E-state index contributed by atoms with van der Waals surface area (Å²) in [6.45, 7) is 15.2. The van der Waals surface area contributed by atoms with E-state index in [1.54, 1.807) is 6.92 Å². The second-order valence-electron chi connectivity index (χ2n) is 7.23. The summed E-state index contributed by atoms with van der Waals surface area (Å²) in [7, 11) is 0. The molecule has 0 aromatic rings. The van der Waals surface area contributed by atoms with Crippen LogP contribution >= 0.6 is 0 Å². The van der Waals surface area contributed by atoms with Crippen LogP contribution in [0.1, 0.15) is 55.4 Å². The van der Waals surface area contributed by atoms with E-state index in [2.05, 4.69) is 21.9 Å². The molecule has 2 N–H and O–H groups in total. The van der Waals surface area contributed by atoms with Crippen LogP contribution in [0.4, 0.5) is 4.79 Å². The molecule has 0 fully saturated rings. The molecule has 0 bridgehead atoms. The van der Waals surface area contributed by atoms with E-state index < -0.39 is 23.1 Å². The van der Waals surface area contributed by atoms with Gasteiger partial charge in [0.15, 0.2) is 0 Å². The predicted molar refractivity (Wildman–Crippen MR) is 91.7 cm³/mol. The Kier molecular flexibility index (Phi) is 8.30. The summed E-state index contributed by atoms with van der Waals surface area (Å²) in [5, 5.41) is 2.72. The Hall–Kier alpha value is -0.900. The van der Waals surface area contributed by atoms with Crippen molar-refractivity contribution in [3.8, 4) is 11.8 Å². The Balaban J connectivity index is 4.58. The SMILES string of the molecule is CC#CC(N[S+]([O-])C(C)(C)C)[C@H](C)CNC(=O)OC(C)(C)C. The molecule has 6 heteroatoms. The zero-order valence-electron chi connectivity index (χ0n) is 15.0. The van der Waals surface area contributed by atoms with Gasteiger partial charge in [-0.05, 0) is 48.5 Å². The van der Waals surface area contributed by atoms with Crippen molar-refractivity contribution < 1.29 is 14.1 Å². The maximum absolute atomic E-state index is 12.2. The highest BCUT2D eigenvalue weighted by molar-refractivity contribution is 7.90. The minimum absolute atomic E-state index is 0.00808. The first-order chi connectivity index (χ1) is 9.86. The van der Waals surface area contributed by atoms with Gasteiger partial charge in [0.2, 0.25) is 0 Å². The van der Waals surface area contributed by atoms with Crippen LogP contribution in [-0.4, -0.2) is 33.6 Å². The Labute approximate surface area is 138 Å². The number of carbonyl (C=O) groups is 1. The van der Waals surface area contributed by atoms with E-state index in [-0.39, 0.29) is 16.7 Å². The van der Waals surface area contributed by atoms with Crippen LogP contribution in [0, 0.1) is 17.8 Å². The average molecular weight is 330 g/mol. The van der Waals surface area contributed by atoms with Gasteiger partial charge in [0, 0.05) is 23.8 Å². The number of hydrogen-bond acceptors (Lipinski definition) is 4.